The molecule has 232 valence electrons. The highest BCUT2D eigenvalue weighted by atomic mass is 28.3. The molecule has 0 N–H and O–H groups in total. The molecular weight excluding hydrogens is 613 g/mol. The van der Waals surface area contributed by atoms with Gasteiger partial charge in [0.25, 0.3) is 0 Å². The van der Waals surface area contributed by atoms with Crippen LogP contribution in [-0.4, -0.2) is 8.07 Å². The van der Waals surface area contributed by atoms with Crippen molar-refractivity contribution in [3.8, 4) is 22.5 Å². The van der Waals surface area contributed by atoms with Gasteiger partial charge in [0.15, 0.2) is 12.4 Å². The molecule has 2 aliphatic heterocycles. The average molecular weight is 647 g/mol. The van der Waals surface area contributed by atoms with Crippen molar-refractivity contribution >= 4 is 67.5 Å². The largest absolute Gasteiger partial charge is 0.454 e. The molecule has 6 aromatic carbocycles. The van der Waals surface area contributed by atoms with Crippen molar-refractivity contribution in [2.45, 2.75) is 32.2 Å². The van der Waals surface area contributed by atoms with Gasteiger partial charge < -0.3 is 4.42 Å². The van der Waals surface area contributed by atoms with E-state index in [-0.39, 0.29) is 0 Å². The van der Waals surface area contributed by atoms with Gasteiger partial charge in [-0.25, -0.2) is 0 Å². The van der Waals surface area contributed by atoms with Gasteiger partial charge in [0, 0.05) is 39.5 Å². The molecule has 1 atom stereocenters. The molecule has 3 nitrogen and oxygen atoms in total. The third kappa shape index (κ3) is 3.28. The number of fused-ring (bicyclic) bond motifs is 21. The van der Waals surface area contributed by atoms with Crippen LogP contribution in [0.3, 0.4) is 0 Å². The van der Waals surface area contributed by atoms with Gasteiger partial charge in [0.05, 0.1) is 13.6 Å². The third-order valence-corrected chi connectivity index (χ3v) is 13.4. The van der Waals surface area contributed by atoms with Crippen molar-refractivity contribution in [3.63, 3.8) is 0 Å². The van der Waals surface area contributed by atoms with Crippen LogP contribution in [-0.2, 0) is 5.66 Å². The Bertz CT molecular complexity index is 2910. The minimum absolute atomic E-state index is 0.571. The number of nitrogens with zero attached hydrogens (tertiary/aromatic N) is 2. The van der Waals surface area contributed by atoms with E-state index in [1.54, 1.807) is 0 Å². The fraction of sp³-hybridized carbons (Fsp3) is 0.111. The number of pyridine rings is 2. The third-order valence-electron chi connectivity index (χ3n) is 11.3. The van der Waals surface area contributed by atoms with Crippen molar-refractivity contribution in [1.29, 1.82) is 0 Å². The van der Waals surface area contributed by atoms with Gasteiger partial charge >= 0.3 is 5.66 Å². The van der Waals surface area contributed by atoms with E-state index in [1.807, 2.05) is 0 Å². The standard InChI is InChI=1S/C45H34N2OSi/c1-27-23-24-46-40(25-27)42-38(45(46)37-16-10-9-15-36(37)39-22-17-28(26-47(39)45)49(2,3)4)21-20-35-34-19-18-33-31-13-6-5-11-29(31)30-12-7-8-14-32(30)41(33)43(34)48-44(35)42/h5-26H,1-4H3/q+2. The van der Waals surface area contributed by atoms with E-state index in [4.69, 9.17) is 4.42 Å². The summed E-state index contributed by atoms with van der Waals surface area (Å²) in [6.07, 6.45) is 4.76. The molecule has 0 aliphatic carbocycles. The number of hydrogen-bond acceptors (Lipinski definition) is 1. The van der Waals surface area contributed by atoms with Gasteiger partial charge in [-0.3, -0.25) is 0 Å². The first-order valence-electron chi connectivity index (χ1n) is 17.3. The highest BCUT2D eigenvalue weighted by Crippen LogP contribution is 2.51. The summed E-state index contributed by atoms with van der Waals surface area (Å²) in [6.45, 7) is 9.51. The number of aromatic nitrogens is 2. The predicted octanol–water partition coefficient (Wildman–Crippen LogP) is 9.73. The van der Waals surface area contributed by atoms with Crippen LogP contribution < -0.4 is 14.3 Å². The topological polar surface area (TPSA) is 20.9 Å². The molecule has 0 fully saturated rings. The summed E-state index contributed by atoms with van der Waals surface area (Å²) in [4.78, 5) is 0. The fourth-order valence-corrected chi connectivity index (χ4v) is 10.2. The zero-order valence-electron chi connectivity index (χ0n) is 28.0. The van der Waals surface area contributed by atoms with Gasteiger partial charge in [0.1, 0.15) is 27.9 Å². The average Bonchev–Trinajstić information content (AvgIpc) is 3.74. The summed E-state index contributed by atoms with van der Waals surface area (Å²) in [7, 11) is -1.62. The summed E-state index contributed by atoms with van der Waals surface area (Å²) in [5, 5.41) is 11.2. The molecule has 2 aliphatic rings. The summed E-state index contributed by atoms with van der Waals surface area (Å²) >= 11 is 0. The Morgan fingerprint density at radius 3 is 1.96 bits per heavy atom. The highest BCUT2D eigenvalue weighted by Gasteiger charge is 2.67. The summed E-state index contributed by atoms with van der Waals surface area (Å²) in [5.41, 5.74) is 10.0. The second-order valence-corrected chi connectivity index (χ2v) is 20.1. The van der Waals surface area contributed by atoms with E-state index < -0.39 is 13.7 Å². The first-order chi connectivity index (χ1) is 23.9. The molecule has 9 aromatic rings. The van der Waals surface area contributed by atoms with Crippen molar-refractivity contribution < 1.29 is 13.6 Å². The van der Waals surface area contributed by atoms with E-state index in [2.05, 4.69) is 169 Å². The minimum Gasteiger partial charge on any atom is -0.454 e. The van der Waals surface area contributed by atoms with E-state index in [0.717, 1.165) is 21.9 Å². The minimum atomic E-state index is -1.62. The molecule has 0 radical (unpaired) electrons. The van der Waals surface area contributed by atoms with Crippen LogP contribution >= 0.6 is 0 Å². The van der Waals surface area contributed by atoms with Gasteiger partial charge in [-0.15, -0.1) is 9.13 Å². The van der Waals surface area contributed by atoms with Crippen LogP contribution in [0.2, 0.25) is 19.6 Å². The van der Waals surface area contributed by atoms with Crippen LogP contribution in [0, 0.1) is 6.92 Å². The lowest BCUT2D eigenvalue weighted by Gasteiger charge is -2.20. The van der Waals surface area contributed by atoms with Crippen LogP contribution in [0.25, 0.3) is 76.8 Å². The number of hydrogen-bond donors (Lipinski definition) is 0. The van der Waals surface area contributed by atoms with Crippen molar-refractivity contribution in [2.75, 3.05) is 0 Å². The maximum atomic E-state index is 7.30. The van der Waals surface area contributed by atoms with Crippen LogP contribution in [0.5, 0.6) is 0 Å². The van der Waals surface area contributed by atoms with Gasteiger partial charge in [-0.1, -0.05) is 92.4 Å². The predicted molar refractivity (Wildman–Crippen MR) is 203 cm³/mol. The maximum Gasteiger partial charge on any atom is 0.417 e. The molecule has 0 saturated carbocycles. The molecule has 5 heterocycles. The zero-order chi connectivity index (χ0) is 32.8. The zero-order valence-corrected chi connectivity index (χ0v) is 29.0. The number of furan rings is 1. The molecule has 4 heteroatoms. The Hall–Kier alpha value is -5.58. The fourth-order valence-electron chi connectivity index (χ4n) is 9.13. The smallest absolute Gasteiger partial charge is 0.417 e. The molecule has 0 bridgehead atoms. The first kappa shape index (κ1) is 27.4. The van der Waals surface area contributed by atoms with Gasteiger partial charge in [-0.2, -0.15) is 0 Å². The Kier molecular flexibility index (Phi) is 5.08. The summed E-state index contributed by atoms with van der Waals surface area (Å²) in [5.74, 6) is 0. The number of aryl methyl sites for hydroxylation is 1. The van der Waals surface area contributed by atoms with Crippen molar-refractivity contribution in [1.82, 2.24) is 0 Å². The lowest BCUT2D eigenvalue weighted by atomic mass is 9.89. The molecule has 49 heavy (non-hydrogen) atoms. The Morgan fingerprint density at radius 1 is 0.551 bits per heavy atom. The SMILES string of the molecule is Cc1cc[n+]2c(c1)-c1c(ccc3c1oc1c3ccc3c4ccccc4c4ccccc4c31)C21c2ccccc2-c2ccc([Si](C)(C)C)c[n+]21. The van der Waals surface area contributed by atoms with Crippen LogP contribution in [0.1, 0.15) is 16.7 Å². The normalized spacial score (nSPS) is 16.2. The monoisotopic (exact) mass is 646 g/mol. The number of rotatable bonds is 1. The molecule has 1 unspecified atom stereocenters. The lowest BCUT2D eigenvalue weighted by molar-refractivity contribution is -0.954. The number of benzene rings is 6. The summed E-state index contributed by atoms with van der Waals surface area (Å²) in [6, 6.07) is 45.2. The highest BCUT2D eigenvalue weighted by molar-refractivity contribution is 6.88. The lowest BCUT2D eigenvalue weighted by Crippen LogP contribution is -2.72. The van der Waals surface area contributed by atoms with Crippen molar-refractivity contribution in [3.05, 3.63) is 150 Å². The van der Waals surface area contributed by atoms with E-state index in [0.29, 0.717) is 0 Å². The van der Waals surface area contributed by atoms with Gasteiger partial charge in [0.2, 0.25) is 11.4 Å². The van der Waals surface area contributed by atoms with Crippen LogP contribution in [0.4, 0.5) is 0 Å². The van der Waals surface area contributed by atoms with E-state index in [1.165, 1.54) is 76.7 Å². The molecule has 11 rings (SSSR count). The molecule has 1 spiro atoms. The molecule has 0 saturated heterocycles. The Morgan fingerprint density at radius 2 is 1.18 bits per heavy atom. The maximum absolute atomic E-state index is 7.30. The first-order valence-corrected chi connectivity index (χ1v) is 20.8. The Labute approximate surface area is 285 Å². The quantitative estimate of drug-likeness (QED) is 0.0988. The molecule has 0 amide bonds. The van der Waals surface area contributed by atoms with Crippen LogP contribution in [0.15, 0.2) is 138 Å². The van der Waals surface area contributed by atoms with Crippen molar-refractivity contribution in [2.24, 2.45) is 0 Å². The second-order valence-electron chi connectivity index (χ2n) is 15.0. The Balaban J connectivity index is 1.32. The van der Waals surface area contributed by atoms with E-state index >= 15 is 0 Å². The summed E-state index contributed by atoms with van der Waals surface area (Å²) < 4.78 is 12.4. The van der Waals surface area contributed by atoms with Gasteiger partial charge in [-0.05, 0) is 69.8 Å². The van der Waals surface area contributed by atoms with E-state index in [9.17, 15) is 0 Å². The molecular formula is C45H34N2OSi+2. The second kappa shape index (κ2) is 9.10. The molecule has 3 aromatic heterocycles.